The Hall–Kier alpha value is -1.12. The molecule has 2 rings (SSSR count). The van der Waals surface area contributed by atoms with Gasteiger partial charge in [-0.1, -0.05) is 36.4 Å². The Labute approximate surface area is 90.5 Å². The maximum absolute atomic E-state index is 5.66. The van der Waals surface area contributed by atoms with Crippen molar-refractivity contribution in [1.29, 1.82) is 0 Å². The van der Waals surface area contributed by atoms with Crippen LogP contribution in [0.1, 0.15) is 18.1 Å². The van der Waals surface area contributed by atoms with Crippen molar-refractivity contribution in [3.8, 4) is 0 Å². The molecule has 2 heteroatoms. The molecule has 0 saturated carbocycles. The molecule has 0 aromatic heterocycles. The summed E-state index contributed by atoms with van der Waals surface area (Å²) in [7, 11) is 0. The molecule has 1 fully saturated rings. The summed E-state index contributed by atoms with van der Waals surface area (Å²) in [6, 6.07) is 10.3. The van der Waals surface area contributed by atoms with Gasteiger partial charge in [-0.25, -0.2) is 0 Å². The Morgan fingerprint density at radius 3 is 2.87 bits per heavy atom. The highest BCUT2D eigenvalue weighted by atomic mass is 16.7. The van der Waals surface area contributed by atoms with Gasteiger partial charge in [-0.15, -0.1) is 6.58 Å². The van der Waals surface area contributed by atoms with E-state index >= 15 is 0 Å². The molecule has 1 saturated heterocycles. The summed E-state index contributed by atoms with van der Waals surface area (Å²) in [6.45, 7) is 4.92. The minimum absolute atomic E-state index is 0.151. The van der Waals surface area contributed by atoms with Gasteiger partial charge in [0.2, 0.25) is 0 Å². The van der Waals surface area contributed by atoms with Crippen molar-refractivity contribution in [2.45, 2.75) is 12.5 Å². The van der Waals surface area contributed by atoms with Crippen LogP contribution in [-0.4, -0.2) is 13.4 Å². The fraction of sp³-hybridized carbons (Fsp3) is 0.385. The lowest BCUT2D eigenvalue weighted by molar-refractivity contribution is -0.171. The predicted octanol–water partition coefficient (Wildman–Crippen LogP) is 2.92. The van der Waals surface area contributed by atoms with Crippen LogP contribution >= 0.6 is 0 Å². The van der Waals surface area contributed by atoms with E-state index in [9.17, 15) is 0 Å². The molecule has 1 aromatic carbocycles. The fourth-order valence-electron chi connectivity index (χ4n) is 1.96. The molecule has 15 heavy (non-hydrogen) atoms. The molecule has 0 amide bonds. The molecule has 0 aliphatic carbocycles. The summed E-state index contributed by atoms with van der Waals surface area (Å²) in [5.74, 6) is 0.388. The average Bonchev–Trinajstić information content (AvgIpc) is 2.31. The molecule has 1 heterocycles. The maximum Gasteiger partial charge on any atom is 0.147 e. The van der Waals surface area contributed by atoms with Gasteiger partial charge in [0.1, 0.15) is 6.79 Å². The average molecular weight is 204 g/mol. The Morgan fingerprint density at radius 1 is 1.33 bits per heavy atom. The quantitative estimate of drug-likeness (QED) is 0.705. The van der Waals surface area contributed by atoms with Gasteiger partial charge in [-0.3, -0.25) is 0 Å². The first-order valence-corrected chi connectivity index (χ1v) is 5.27. The second-order valence-corrected chi connectivity index (χ2v) is 3.77. The number of benzene rings is 1. The van der Waals surface area contributed by atoms with Gasteiger partial charge in [0.15, 0.2) is 0 Å². The van der Waals surface area contributed by atoms with Crippen molar-refractivity contribution in [3.63, 3.8) is 0 Å². The lowest BCUT2D eigenvalue weighted by atomic mass is 9.93. The van der Waals surface area contributed by atoms with Crippen LogP contribution < -0.4 is 0 Å². The fourth-order valence-corrected chi connectivity index (χ4v) is 1.96. The van der Waals surface area contributed by atoms with Gasteiger partial charge in [0.05, 0.1) is 12.7 Å². The normalized spacial score (nSPS) is 26.1. The van der Waals surface area contributed by atoms with Crippen LogP contribution in [0, 0.1) is 5.92 Å². The third kappa shape index (κ3) is 2.46. The Bertz CT molecular complexity index is 308. The molecule has 0 unspecified atom stereocenters. The highest BCUT2D eigenvalue weighted by molar-refractivity contribution is 5.18. The molecular weight excluding hydrogens is 188 g/mol. The van der Waals surface area contributed by atoms with E-state index in [0.29, 0.717) is 12.7 Å². The molecule has 1 aliphatic heterocycles. The summed E-state index contributed by atoms with van der Waals surface area (Å²) in [5.41, 5.74) is 1.23. The summed E-state index contributed by atoms with van der Waals surface area (Å²) >= 11 is 0. The summed E-state index contributed by atoms with van der Waals surface area (Å²) in [6.07, 6.45) is 3.01. The molecule has 0 spiro atoms. The zero-order chi connectivity index (χ0) is 10.5. The smallest absolute Gasteiger partial charge is 0.147 e. The van der Waals surface area contributed by atoms with Crippen molar-refractivity contribution < 1.29 is 9.47 Å². The van der Waals surface area contributed by atoms with Crippen LogP contribution in [-0.2, 0) is 9.47 Å². The number of hydrogen-bond acceptors (Lipinski definition) is 2. The van der Waals surface area contributed by atoms with E-state index in [0.717, 1.165) is 13.0 Å². The van der Waals surface area contributed by atoms with Gasteiger partial charge >= 0.3 is 0 Å². The van der Waals surface area contributed by atoms with Crippen molar-refractivity contribution in [2.75, 3.05) is 13.4 Å². The van der Waals surface area contributed by atoms with E-state index in [1.807, 2.05) is 24.3 Å². The number of ether oxygens (including phenoxy) is 2. The van der Waals surface area contributed by atoms with E-state index in [4.69, 9.17) is 9.47 Å². The van der Waals surface area contributed by atoms with Crippen molar-refractivity contribution >= 4 is 0 Å². The van der Waals surface area contributed by atoms with E-state index < -0.39 is 0 Å². The lowest BCUT2D eigenvalue weighted by Gasteiger charge is -2.31. The highest BCUT2D eigenvalue weighted by Gasteiger charge is 2.26. The van der Waals surface area contributed by atoms with Gasteiger partial charge in [0, 0.05) is 5.92 Å². The van der Waals surface area contributed by atoms with E-state index in [-0.39, 0.29) is 6.10 Å². The first-order valence-electron chi connectivity index (χ1n) is 5.27. The van der Waals surface area contributed by atoms with Gasteiger partial charge in [-0.2, -0.15) is 0 Å². The molecule has 2 nitrogen and oxygen atoms in total. The SMILES string of the molecule is C=CC[C@@H]1COCO[C@@H]1c1ccccc1. The zero-order valence-electron chi connectivity index (χ0n) is 8.76. The van der Waals surface area contributed by atoms with Crippen LogP contribution in [0.5, 0.6) is 0 Å². The minimum Gasteiger partial charge on any atom is -0.355 e. The van der Waals surface area contributed by atoms with Crippen LogP contribution in [0.3, 0.4) is 0 Å². The molecule has 80 valence electrons. The van der Waals surface area contributed by atoms with Crippen LogP contribution in [0.4, 0.5) is 0 Å². The second kappa shape index (κ2) is 5.10. The predicted molar refractivity (Wildman–Crippen MR) is 59.4 cm³/mol. The Morgan fingerprint density at radius 2 is 2.13 bits per heavy atom. The lowest BCUT2D eigenvalue weighted by Crippen LogP contribution is -2.27. The number of hydrogen-bond donors (Lipinski definition) is 0. The van der Waals surface area contributed by atoms with Crippen LogP contribution in [0.25, 0.3) is 0 Å². The van der Waals surface area contributed by atoms with Crippen molar-refractivity contribution in [3.05, 3.63) is 48.6 Å². The van der Waals surface area contributed by atoms with E-state index in [1.165, 1.54) is 5.56 Å². The summed E-state index contributed by atoms with van der Waals surface area (Å²) in [5, 5.41) is 0. The molecular formula is C13H16O2. The third-order valence-electron chi connectivity index (χ3n) is 2.69. The first-order chi connectivity index (χ1) is 7.42. The summed E-state index contributed by atoms with van der Waals surface area (Å²) < 4.78 is 11.0. The zero-order valence-corrected chi connectivity index (χ0v) is 8.76. The molecule has 0 bridgehead atoms. The third-order valence-corrected chi connectivity index (χ3v) is 2.69. The van der Waals surface area contributed by atoms with Gasteiger partial charge in [-0.05, 0) is 12.0 Å². The van der Waals surface area contributed by atoms with Crippen LogP contribution in [0.2, 0.25) is 0 Å². The Balaban J connectivity index is 2.14. The molecule has 1 aliphatic rings. The largest absolute Gasteiger partial charge is 0.355 e. The minimum atomic E-state index is 0.151. The van der Waals surface area contributed by atoms with Gasteiger partial charge < -0.3 is 9.47 Å². The molecule has 0 N–H and O–H groups in total. The number of allylic oxidation sites excluding steroid dienone is 1. The van der Waals surface area contributed by atoms with E-state index in [2.05, 4.69) is 18.7 Å². The standard InChI is InChI=1S/C13H16O2/c1-2-6-12-9-14-10-15-13(12)11-7-4-3-5-8-11/h2-5,7-8,12-13H,1,6,9-10H2/t12-,13-/m1/s1. The Kier molecular flexibility index (Phi) is 3.54. The first kappa shape index (κ1) is 10.4. The molecule has 2 atom stereocenters. The molecule has 0 radical (unpaired) electrons. The maximum atomic E-state index is 5.66. The van der Waals surface area contributed by atoms with Crippen LogP contribution in [0.15, 0.2) is 43.0 Å². The van der Waals surface area contributed by atoms with Crippen molar-refractivity contribution in [1.82, 2.24) is 0 Å². The van der Waals surface area contributed by atoms with E-state index in [1.54, 1.807) is 0 Å². The van der Waals surface area contributed by atoms with Gasteiger partial charge in [0.25, 0.3) is 0 Å². The van der Waals surface area contributed by atoms with Crippen molar-refractivity contribution in [2.24, 2.45) is 5.92 Å². The molecule has 1 aromatic rings. The monoisotopic (exact) mass is 204 g/mol. The summed E-state index contributed by atoms with van der Waals surface area (Å²) in [4.78, 5) is 0. The number of rotatable bonds is 3. The second-order valence-electron chi connectivity index (χ2n) is 3.77. The highest BCUT2D eigenvalue weighted by Crippen LogP contribution is 2.31. The topological polar surface area (TPSA) is 18.5 Å².